The van der Waals surface area contributed by atoms with Gasteiger partial charge in [-0.2, -0.15) is 0 Å². The first-order valence-electron chi connectivity index (χ1n) is 26.7. The molecule has 12 aromatic carbocycles. The molecule has 3 aliphatic rings. The number of anilines is 6. The molecule has 0 atom stereocenters. The molecule has 16 rings (SSSR count). The van der Waals surface area contributed by atoms with Crippen molar-refractivity contribution < 1.29 is 4.42 Å². The highest BCUT2D eigenvalue weighted by atomic mass is 16.3. The normalized spacial score (nSPS) is 13.9. The predicted molar refractivity (Wildman–Crippen MR) is 317 cm³/mol. The fourth-order valence-electron chi connectivity index (χ4n) is 13.9. The third-order valence-corrected chi connectivity index (χ3v) is 16.9. The van der Waals surface area contributed by atoms with Gasteiger partial charge in [0.1, 0.15) is 11.2 Å². The minimum Gasteiger partial charge on any atom is -0.456 e. The molecule has 13 aromatic rings. The van der Waals surface area contributed by atoms with E-state index in [1.165, 1.54) is 78.1 Å². The molecule has 0 unspecified atom stereocenters. The lowest BCUT2D eigenvalue weighted by Crippen LogP contribution is -2.36. The average molecular weight is 981 g/mol. The van der Waals surface area contributed by atoms with Crippen LogP contribution in [0.4, 0.5) is 34.1 Å². The molecule has 360 valence electrons. The summed E-state index contributed by atoms with van der Waals surface area (Å²) in [5.74, 6) is 0. The summed E-state index contributed by atoms with van der Waals surface area (Å²) < 4.78 is 6.34. The van der Waals surface area contributed by atoms with E-state index in [9.17, 15) is 0 Å². The predicted octanol–water partition coefficient (Wildman–Crippen LogP) is 19.2. The Balaban J connectivity index is 0.981. The number of furan rings is 1. The van der Waals surface area contributed by atoms with E-state index in [0.717, 1.165) is 55.8 Å². The first-order valence-corrected chi connectivity index (χ1v) is 26.7. The Hall–Kier alpha value is -9.96. The second-order valence-electron chi connectivity index (χ2n) is 20.7. The van der Waals surface area contributed by atoms with Crippen molar-refractivity contribution in [2.75, 3.05) is 9.80 Å². The number of hydrogen-bond acceptors (Lipinski definition) is 3. The van der Waals surface area contributed by atoms with E-state index in [0.29, 0.717) is 0 Å². The summed E-state index contributed by atoms with van der Waals surface area (Å²) >= 11 is 0. The van der Waals surface area contributed by atoms with Gasteiger partial charge >= 0.3 is 0 Å². The van der Waals surface area contributed by atoms with Crippen LogP contribution < -0.4 is 9.80 Å². The maximum Gasteiger partial charge on any atom is 0.135 e. The monoisotopic (exact) mass is 980 g/mol. The topological polar surface area (TPSA) is 19.6 Å². The number of nitrogens with zero attached hydrogens (tertiary/aromatic N) is 2. The quantitative estimate of drug-likeness (QED) is 0.159. The largest absolute Gasteiger partial charge is 0.456 e. The second-order valence-corrected chi connectivity index (χ2v) is 20.7. The minimum atomic E-state index is -0.633. The van der Waals surface area contributed by atoms with Gasteiger partial charge < -0.3 is 14.2 Å². The number of para-hydroxylation sites is 4. The molecular formula is C74H48N2O. The average Bonchev–Trinajstić information content (AvgIpc) is 4.31. The SMILES string of the molecule is c1ccc(N2c3ccccc3C3(c4ccccc4-c4c(N(c5cccc(-c6ccc7oc8ccccc8c7c6)c5)c5ccc6c(c5)C(c5ccccc5)(c5ccccc5)c5ccccc5-6)cccc43)c3ccccc32)cc1. The number of rotatable bonds is 7. The lowest BCUT2D eigenvalue weighted by atomic mass is 9.64. The highest BCUT2D eigenvalue weighted by Crippen LogP contribution is 2.66. The van der Waals surface area contributed by atoms with E-state index in [4.69, 9.17) is 4.42 Å². The van der Waals surface area contributed by atoms with Gasteiger partial charge in [-0.15, -0.1) is 0 Å². The van der Waals surface area contributed by atoms with E-state index in [2.05, 4.69) is 295 Å². The minimum absolute atomic E-state index is 0.587. The zero-order valence-corrected chi connectivity index (χ0v) is 42.0. The van der Waals surface area contributed by atoms with Gasteiger partial charge in [0.25, 0.3) is 0 Å². The fraction of sp³-hybridized carbons (Fsp3) is 0.0270. The van der Waals surface area contributed by atoms with E-state index in [1.807, 2.05) is 6.07 Å². The summed E-state index contributed by atoms with van der Waals surface area (Å²) in [6, 6.07) is 108. The highest BCUT2D eigenvalue weighted by molar-refractivity contribution is 6.07. The molecular weight excluding hydrogens is 933 g/mol. The molecule has 1 aliphatic heterocycles. The molecule has 1 spiro atoms. The van der Waals surface area contributed by atoms with E-state index in [-0.39, 0.29) is 0 Å². The second kappa shape index (κ2) is 16.8. The molecule has 2 aliphatic carbocycles. The molecule has 1 aromatic heterocycles. The Labute approximate surface area is 447 Å². The number of fused-ring (bicyclic) bond motifs is 15. The van der Waals surface area contributed by atoms with Crippen molar-refractivity contribution in [2.24, 2.45) is 0 Å². The molecule has 77 heavy (non-hydrogen) atoms. The third kappa shape index (κ3) is 6.08. The lowest BCUT2D eigenvalue weighted by molar-refractivity contribution is 0.669. The zero-order chi connectivity index (χ0) is 50.7. The molecule has 0 bridgehead atoms. The van der Waals surface area contributed by atoms with Gasteiger partial charge in [0.15, 0.2) is 0 Å². The molecule has 0 saturated carbocycles. The molecule has 0 amide bonds. The molecule has 0 radical (unpaired) electrons. The first kappa shape index (κ1) is 43.4. The Morgan fingerprint density at radius 1 is 0.312 bits per heavy atom. The lowest BCUT2D eigenvalue weighted by Gasteiger charge is -2.45. The summed E-state index contributed by atoms with van der Waals surface area (Å²) in [4.78, 5) is 5.00. The van der Waals surface area contributed by atoms with Crippen LogP contribution in [-0.2, 0) is 10.8 Å². The van der Waals surface area contributed by atoms with Crippen LogP contribution in [0.5, 0.6) is 0 Å². The van der Waals surface area contributed by atoms with Crippen molar-refractivity contribution in [3.63, 3.8) is 0 Å². The van der Waals surface area contributed by atoms with Crippen LogP contribution in [-0.4, -0.2) is 0 Å². The van der Waals surface area contributed by atoms with Gasteiger partial charge in [0.05, 0.1) is 27.9 Å². The van der Waals surface area contributed by atoms with Gasteiger partial charge in [0, 0.05) is 33.4 Å². The van der Waals surface area contributed by atoms with Gasteiger partial charge in [-0.05, 0) is 145 Å². The number of hydrogen-bond donors (Lipinski definition) is 0. The van der Waals surface area contributed by atoms with Crippen LogP contribution in [0.15, 0.2) is 296 Å². The molecule has 2 heterocycles. The summed E-state index contributed by atoms with van der Waals surface area (Å²) in [5, 5.41) is 2.23. The molecule has 3 heteroatoms. The maximum atomic E-state index is 6.34. The Morgan fingerprint density at radius 2 is 0.844 bits per heavy atom. The Bertz CT molecular complexity index is 4390. The summed E-state index contributed by atoms with van der Waals surface area (Å²) in [6.45, 7) is 0. The van der Waals surface area contributed by atoms with Crippen molar-refractivity contribution in [2.45, 2.75) is 10.8 Å². The van der Waals surface area contributed by atoms with Crippen LogP contribution in [0.25, 0.3) is 55.3 Å². The van der Waals surface area contributed by atoms with Crippen LogP contribution >= 0.6 is 0 Å². The van der Waals surface area contributed by atoms with Crippen molar-refractivity contribution in [1.82, 2.24) is 0 Å². The summed E-state index contributed by atoms with van der Waals surface area (Å²) in [6.07, 6.45) is 0. The Morgan fingerprint density at radius 3 is 1.57 bits per heavy atom. The van der Waals surface area contributed by atoms with Crippen LogP contribution in [0.2, 0.25) is 0 Å². The highest BCUT2D eigenvalue weighted by Gasteiger charge is 2.53. The fourth-order valence-corrected chi connectivity index (χ4v) is 13.9. The molecule has 0 fully saturated rings. The van der Waals surface area contributed by atoms with Crippen LogP contribution in [0.3, 0.4) is 0 Å². The Kier molecular flexibility index (Phi) is 9.47. The summed E-state index contributed by atoms with van der Waals surface area (Å²) in [5.41, 5.74) is 24.6. The van der Waals surface area contributed by atoms with Crippen molar-refractivity contribution in [1.29, 1.82) is 0 Å². The molecule has 3 nitrogen and oxygen atoms in total. The van der Waals surface area contributed by atoms with Gasteiger partial charge in [-0.25, -0.2) is 0 Å². The number of benzene rings is 12. The van der Waals surface area contributed by atoms with Crippen LogP contribution in [0, 0.1) is 0 Å². The first-order chi connectivity index (χ1) is 38.2. The van der Waals surface area contributed by atoms with E-state index in [1.54, 1.807) is 0 Å². The van der Waals surface area contributed by atoms with E-state index < -0.39 is 10.8 Å². The smallest absolute Gasteiger partial charge is 0.135 e. The van der Waals surface area contributed by atoms with Gasteiger partial charge in [0.2, 0.25) is 0 Å². The van der Waals surface area contributed by atoms with E-state index >= 15 is 0 Å². The summed E-state index contributed by atoms with van der Waals surface area (Å²) in [7, 11) is 0. The van der Waals surface area contributed by atoms with Gasteiger partial charge in [-0.3, -0.25) is 0 Å². The van der Waals surface area contributed by atoms with Gasteiger partial charge in [-0.1, -0.05) is 218 Å². The molecule has 0 N–H and O–H groups in total. The van der Waals surface area contributed by atoms with Crippen LogP contribution in [0.1, 0.15) is 44.5 Å². The maximum absolute atomic E-state index is 6.34. The van der Waals surface area contributed by atoms with Crippen molar-refractivity contribution in [3.8, 4) is 33.4 Å². The van der Waals surface area contributed by atoms with Crippen molar-refractivity contribution in [3.05, 3.63) is 336 Å². The molecule has 0 saturated heterocycles. The third-order valence-electron chi connectivity index (χ3n) is 16.9. The standard InChI is InChI=1S/C74H48N2O/c1-4-23-51(24-5-1)73(52-25-6-2-7-26-52)61-33-13-10-30-56(61)57-44-43-55(48-66(57)73)75(54-29-20-22-49(46-54)50-42-45-71-60(47-50)58-31-12-19-41-70(58)77-71)69-40-21-37-65-72(69)59-32-11-14-34-62(59)74(65)63-35-15-17-38-67(63)76(53-27-8-3-9-28-53)68-39-18-16-36-64(68)74/h1-48H. The zero-order valence-electron chi connectivity index (χ0n) is 42.0. The van der Waals surface area contributed by atoms with Crippen molar-refractivity contribution >= 4 is 56.1 Å².